The number of carbonyl (C=O) groups is 5. The molecule has 14 heteroatoms. The first kappa shape index (κ1) is 43.4. The Hall–Kier alpha value is -2.74. The van der Waals surface area contributed by atoms with E-state index in [0.29, 0.717) is 38.8 Å². The van der Waals surface area contributed by atoms with Crippen molar-refractivity contribution in [3.63, 3.8) is 0 Å². The second-order valence-corrected chi connectivity index (χ2v) is 23.0. The van der Waals surface area contributed by atoms with Crippen LogP contribution in [0.1, 0.15) is 151 Å². The maximum absolute atomic E-state index is 15.2. The topological polar surface area (TPSA) is 174 Å². The van der Waals surface area contributed by atoms with E-state index < -0.39 is 56.7 Å². The number of sulfonamides is 1. The molecule has 0 aromatic rings. The van der Waals surface area contributed by atoms with E-state index in [1.807, 2.05) is 20.8 Å². The molecular formula is C44H72N6O7S. The molecule has 0 radical (unpaired) electrons. The molecule has 2 aliphatic heterocycles. The van der Waals surface area contributed by atoms with E-state index in [9.17, 15) is 27.6 Å². The monoisotopic (exact) mass is 829 g/mol. The highest BCUT2D eigenvalue weighted by atomic mass is 32.2. The van der Waals surface area contributed by atoms with Gasteiger partial charge in [0.05, 0.1) is 11.2 Å². The summed E-state index contributed by atoms with van der Waals surface area (Å²) in [4.78, 5) is 75.9. The zero-order valence-electron chi connectivity index (χ0n) is 36.1. The van der Waals surface area contributed by atoms with Gasteiger partial charge in [-0.25, -0.2) is 8.42 Å². The Bertz CT molecular complexity index is 1710. The van der Waals surface area contributed by atoms with E-state index in [2.05, 4.69) is 46.3 Å². The van der Waals surface area contributed by atoms with Gasteiger partial charge in [-0.2, -0.15) is 0 Å². The summed E-state index contributed by atoms with van der Waals surface area (Å²) in [6.07, 6.45) is 14.2. The molecule has 2 saturated heterocycles. The molecule has 13 nitrogen and oxygen atoms in total. The van der Waals surface area contributed by atoms with Crippen LogP contribution in [0.2, 0.25) is 0 Å². The van der Waals surface area contributed by atoms with Gasteiger partial charge in [0.25, 0.3) is 5.91 Å². The van der Waals surface area contributed by atoms with Gasteiger partial charge in [-0.3, -0.25) is 28.7 Å². The van der Waals surface area contributed by atoms with Crippen LogP contribution in [0.15, 0.2) is 0 Å². The minimum atomic E-state index is -3.83. The van der Waals surface area contributed by atoms with Crippen LogP contribution in [0.3, 0.4) is 0 Å². The second kappa shape index (κ2) is 16.3. The number of hydrogen-bond acceptors (Lipinski definition) is 8. The molecular weight excluding hydrogens is 757 g/mol. The summed E-state index contributed by atoms with van der Waals surface area (Å²) in [5, 5.41) is 8.74. The lowest BCUT2D eigenvalue weighted by molar-refractivity contribution is -0.145. The molecule has 5 amide bonds. The van der Waals surface area contributed by atoms with Gasteiger partial charge in [-0.15, -0.1) is 0 Å². The van der Waals surface area contributed by atoms with Crippen molar-refractivity contribution in [3.05, 3.63) is 0 Å². The van der Waals surface area contributed by atoms with E-state index >= 15 is 4.79 Å². The van der Waals surface area contributed by atoms with Crippen molar-refractivity contribution in [1.82, 2.24) is 30.5 Å². The van der Waals surface area contributed by atoms with Gasteiger partial charge >= 0.3 is 0 Å². The highest BCUT2D eigenvalue weighted by Crippen LogP contribution is 2.88. The van der Waals surface area contributed by atoms with Crippen LogP contribution >= 0.6 is 0 Å². The van der Waals surface area contributed by atoms with Gasteiger partial charge in [0.1, 0.15) is 24.2 Å². The fourth-order valence-corrected chi connectivity index (χ4v) is 13.4. The van der Waals surface area contributed by atoms with Crippen LogP contribution in [-0.4, -0.2) is 103 Å². The van der Waals surface area contributed by atoms with Gasteiger partial charge in [0.15, 0.2) is 0 Å². The van der Waals surface area contributed by atoms with Crippen LogP contribution in [0.5, 0.6) is 0 Å². The first-order valence-corrected chi connectivity index (χ1v) is 24.4. The van der Waals surface area contributed by atoms with E-state index in [1.165, 1.54) is 0 Å². The predicted molar refractivity (Wildman–Crippen MR) is 221 cm³/mol. The van der Waals surface area contributed by atoms with Gasteiger partial charge in [0.2, 0.25) is 33.7 Å². The van der Waals surface area contributed by atoms with E-state index in [-0.39, 0.29) is 51.7 Å². The molecule has 6 atom stereocenters. The predicted octanol–water partition coefficient (Wildman–Crippen LogP) is 4.40. The third kappa shape index (κ3) is 8.07. The van der Waals surface area contributed by atoms with Crippen LogP contribution in [0.25, 0.3) is 0 Å². The molecule has 4 N–H and O–H groups in total. The molecule has 7 aliphatic rings. The van der Waals surface area contributed by atoms with E-state index in [0.717, 1.165) is 96.6 Å². The number of amides is 5. The Morgan fingerprint density at radius 3 is 2.02 bits per heavy atom. The molecule has 5 saturated carbocycles. The molecule has 58 heavy (non-hydrogen) atoms. The zero-order chi connectivity index (χ0) is 41.8. The van der Waals surface area contributed by atoms with Gasteiger partial charge in [-0.1, -0.05) is 86.5 Å². The molecule has 326 valence electrons. The first-order valence-electron chi connectivity index (χ1n) is 22.8. The first-order chi connectivity index (χ1) is 27.3. The summed E-state index contributed by atoms with van der Waals surface area (Å²) < 4.78 is 28.0. The fourth-order valence-electron chi connectivity index (χ4n) is 12.0. The maximum atomic E-state index is 15.2. The van der Waals surface area contributed by atoms with Crippen molar-refractivity contribution in [3.8, 4) is 0 Å². The largest absolute Gasteiger partial charge is 0.344 e. The Kier molecular flexibility index (Phi) is 12.2. The molecule has 0 aromatic heterocycles. The van der Waals surface area contributed by atoms with Crippen molar-refractivity contribution in [1.29, 1.82) is 0 Å². The zero-order valence-corrected chi connectivity index (χ0v) is 36.9. The SMILES string of the molecule is CCN1CCC[C@@H](C(=O)N[C@H](C(=O)N[C@H](C(=O)N2C[C@]3(C[C@H]2C(=O)N[C@@H](CC2CCC2)C(=O)NS(=O)(=O)C2CC2)C(C)(C)C32CCC2)C(C)(C)C)C2CCCCC2)C1. The van der Waals surface area contributed by atoms with Crippen LogP contribution < -0.4 is 20.7 Å². The summed E-state index contributed by atoms with van der Waals surface area (Å²) in [6, 6.07) is -3.71. The highest BCUT2D eigenvalue weighted by Gasteiger charge is 2.85. The average molecular weight is 829 g/mol. The number of nitrogens with zero attached hydrogens (tertiary/aromatic N) is 2. The second-order valence-electron chi connectivity index (χ2n) is 21.1. The summed E-state index contributed by atoms with van der Waals surface area (Å²) in [5.74, 6) is -2.01. The molecule has 2 spiro atoms. The molecule has 0 aromatic carbocycles. The van der Waals surface area contributed by atoms with Crippen molar-refractivity contribution in [2.24, 2.45) is 39.4 Å². The van der Waals surface area contributed by atoms with Crippen LogP contribution in [0, 0.1) is 39.4 Å². The summed E-state index contributed by atoms with van der Waals surface area (Å²) in [5.41, 5.74) is -1.14. The quantitative estimate of drug-likeness (QED) is 0.200. The number of carbonyl (C=O) groups excluding carboxylic acids is 5. The lowest BCUT2D eigenvalue weighted by Crippen LogP contribution is -2.62. The van der Waals surface area contributed by atoms with Gasteiger partial charge in [-0.05, 0) is 105 Å². The lowest BCUT2D eigenvalue weighted by Gasteiger charge is -2.38. The Morgan fingerprint density at radius 1 is 0.776 bits per heavy atom. The molecule has 2 heterocycles. The van der Waals surface area contributed by atoms with Gasteiger partial charge in [0, 0.05) is 18.5 Å². The van der Waals surface area contributed by atoms with Crippen molar-refractivity contribution >= 4 is 39.6 Å². The maximum Gasteiger partial charge on any atom is 0.256 e. The smallest absolute Gasteiger partial charge is 0.256 e. The molecule has 7 fully saturated rings. The van der Waals surface area contributed by atoms with Crippen LogP contribution in [0.4, 0.5) is 0 Å². The molecule has 5 aliphatic carbocycles. The molecule has 7 rings (SSSR count). The summed E-state index contributed by atoms with van der Waals surface area (Å²) >= 11 is 0. The number of piperidine rings is 1. The van der Waals surface area contributed by atoms with Crippen LogP contribution in [-0.2, 0) is 34.0 Å². The third-order valence-corrected chi connectivity index (χ3v) is 18.3. The summed E-state index contributed by atoms with van der Waals surface area (Å²) in [7, 11) is -3.83. The minimum Gasteiger partial charge on any atom is -0.344 e. The number of fused-ring (bicyclic) bond motifs is 1. The Balaban J connectivity index is 1.14. The van der Waals surface area contributed by atoms with Crippen molar-refractivity contribution < 1.29 is 32.4 Å². The standard InChI is InChI=1S/C44H72N6O7S/c1-7-49-23-12-18-30(26-49)36(51)46-34(29-16-9-8-10-17-29)39(54)47-35(41(2,3)4)40(55)50-27-44(42(5,6)43(44)21-13-22-43)25-33(50)38(53)45-32(24-28-14-11-15-28)37(52)48-58(56,57)31-19-20-31/h28-35H,7-27H2,1-6H3,(H,45,53)(H,46,51)(H,47,54)(H,48,52)/t30-,32+,33+,34+,35-,44-/m1/s1. The summed E-state index contributed by atoms with van der Waals surface area (Å²) in [6.45, 7) is 15.2. The fraction of sp³-hybridized carbons (Fsp3) is 0.886. The number of hydrogen-bond donors (Lipinski definition) is 4. The van der Waals surface area contributed by atoms with Crippen molar-refractivity contribution in [2.75, 3.05) is 26.2 Å². The number of likely N-dealkylation sites (tertiary alicyclic amines) is 2. The lowest BCUT2D eigenvalue weighted by atomic mass is 9.73. The Morgan fingerprint density at radius 2 is 1.47 bits per heavy atom. The highest BCUT2D eigenvalue weighted by molar-refractivity contribution is 7.90. The number of nitrogens with one attached hydrogen (secondary N) is 4. The number of rotatable bonds is 14. The Labute approximate surface area is 347 Å². The average Bonchev–Trinajstić information content (AvgIpc) is 4.01. The normalized spacial score (nSPS) is 30.1. The van der Waals surface area contributed by atoms with E-state index in [4.69, 9.17) is 0 Å². The minimum absolute atomic E-state index is 0.0118. The van der Waals surface area contributed by atoms with E-state index in [1.54, 1.807) is 4.90 Å². The molecule has 0 unspecified atom stereocenters. The molecule has 0 bridgehead atoms. The third-order valence-electron chi connectivity index (χ3n) is 16.5. The van der Waals surface area contributed by atoms with Gasteiger partial charge < -0.3 is 25.8 Å². The van der Waals surface area contributed by atoms with Crippen molar-refractivity contribution in [2.45, 2.75) is 180 Å².